The Balaban J connectivity index is 1.68. The van der Waals surface area contributed by atoms with E-state index in [4.69, 9.17) is 0 Å². The Morgan fingerprint density at radius 2 is 1.87 bits per heavy atom. The first-order valence-corrected chi connectivity index (χ1v) is 8.32. The molecule has 1 amide bonds. The first-order chi connectivity index (χ1) is 11.1. The maximum atomic E-state index is 12.2. The van der Waals surface area contributed by atoms with Crippen LogP contribution in [0.1, 0.15) is 11.1 Å². The number of benzene rings is 2. The van der Waals surface area contributed by atoms with E-state index in [9.17, 15) is 4.79 Å². The number of carbonyl (C=O) groups is 1. The van der Waals surface area contributed by atoms with Gasteiger partial charge in [-0.3, -0.25) is 4.79 Å². The summed E-state index contributed by atoms with van der Waals surface area (Å²) in [5.41, 5.74) is 3.10. The second-order valence-corrected chi connectivity index (χ2v) is 6.41. The minimum absolute atomic E-state index is 0.0465. The minimum Gasteiger partial charge on any atom is -0.325 e. The standard InChI is InChI=1S/C18H17N3OS/c1-12-7-13(2)9-15(8-12)20-17(22)11-23-18-16-6-4-3-5-14(16)10-19-21-18/h3-10H,11H2,1-2H3,(H,20,22). The maximum Gasteiger partial charge on any atom is 0.234 e. The van der Waals surface area contributed by atoms with Crippen LogP contribution < -0.4 is 5.32 Å². The third-order valence-corrected chi connectivity index (χ3v) is 4.36. The Morgan fingerprint density at radius 3 is 2.65 bits per heavy atom. The van der Waals surface area contributed by atoms with E-state index < -0.39 is 0 Å². The number of thioether (sulfide) groups is 1. The van der Waals surface area contributed by atoms with E-state index in [2.05, 4.69) is 21.6 Å². The Morgan fingerprint density at radius 1 is 1.13 bits per heavy atom. The number of anilines is 1. The monoisotopic (exact) mass is 323 g/mol. The van der Waals surface area contributed by atoms with Crippen molar-refractivity contribution in [1.29, 1.82) is 0 Å². The molecule has 5 heteroatoms. The average Bonchev–Trinajstić information content (AvgIpc) is 2.52. The summed E-state index contributed by atoms with van der Waals surface area (Å²) in [7, 11) is 0. The van der Waals surface area contributed by atoms with Crippen molar-refractivity contribution in [1.82, 2.24) is 10.2 Å². The summed E-state index contributed by atoms with van der Waals surface area (Å²) in [5.74, 6) is 0.255. The van der Waals surface area contributed by atoms with E-state index in [1.54, 1.807) is 6.20 Å². The molecular weight excluding hydrogens is 306 g/mol. The molecule has 0 bridgehead atoms. The van der Waals surface area contributed by atoms with E-state index in [0.717, 1.165) is 32.6 Å². The highest BCUT2D eigenvalue weighted by Crippen LogP contribution is 2.24. The van der Waals surface area contributed by atoms with Gasteiger partial charge in [0.25, 0.3) is 0 Å². The largest absolute Gasteiger partial charge is 0.325 e. The molecule has 116 valence electrons. The molecule has 0 aliphatic carbocycles. The quantitative estimate of drug-likeness (QED) is 0.738. The van der Waals surface area contributed by atoms with Crippen molar-refractivity contribution in [3.05, 3.63) is 59.8 Å². The molecule has 0 atom stereocenters. The zero-order valence-corrected chi connectivity index (χ0v) is 13.9. The summed E-state index contributed by atoms with van der Waals surface area (Å²) in [5, 5.41) is 13.9. The van der Waals surface area contributed by atoms with Crippen LogP contribution in [-0.2, 0) is 4.79 Å². The molecule has 0 fully saturated rings. The van der Waals surface area contributed by atoms with Gasteiger partial charge < -0.3 is 5.32 Å². The highest BCUT2D eigenvalue weighted by atomic mass is 32.2. The average molecular weight is 323 g/mol. The summed E-state index contributed by atoms with van der Waals surface area (Å²) in [6.45, 7) is 4.03. The molecule has 0 aliphatic heterocycles. The predicted molar refractivity (Wildman–Crippen MR) is 94.8 cm³/mol. The second kappa shape index (κ2) is 6.79. The van der Waals surface area contributed by atoms with Crippen LogP contribution in [0.25, 0.3) is 10.8 Å². The SMILES string of the molecule is Cc1cc(C)cc(NC(=O)CSc2nncc3ccccc23)c1. The molecule has 1 aromatic heterocycles. The molecule has 3 rings (SSSR count). The molecular formula is C18H17N3OS. The fraction of sp³-hybridized carbons (Fsp3) is 0.167. The number of carbonyl (C=O) groups excluding carboxylic acids is 1. The van der Waals surface area contributed by atoms with Gasteiger partial charge in [-0.2, -0.15) is 5.10 Å². The van der Waals surface area contributed by atoms with Crippen molar-refractivity contribution in [2.24, 2.45) is 0 Å². The summed E-state index contributed by atoms with van der Waals surface area (Å²) in [4.78, 5) is 12.2. The van der Waals surface area contributed by atoms with Crippen LogP contribution in [0, 0.1) is 13.8 Å². The highest BCUT2D eigenvalue weighted by molar-refractivity contribution is 8.00. The van der Waals surface area contributed by atoms with E-state index in [1.165, 1.54) is 11.8 Å². The number of fused-ring (bicyclic) bond motifs is 1. The lowest BCUT2D eigenvalue weighted by atomic mass is 10.1. The molecule has 0 aliphatic rings. The van der Waals surface area contributed by atoms with Crippen LogP contribution in [0.5, 0.6) is 0 Å². The minimum atomic E-state index is -0.0465. The lowest BCUT2D eigenvalue weighted by Crippen LogP contribution is -2.14. The lowest BCUT2D eigenvalue weighted by Gasteiger charge is -2.08. The number of hydrogen-bond acceptors (Lipinski definition) is 4. The smallest absolute Gasteiger partial charge is 0.234 e. The third-order valence-electron chi connectivity index (χ3n) is 3.38. The molecule has 2 aromatic carbocycles. The summed E-state index contributed by atoms with van der Waals surface area (Å²) >= 11 is 1.40. The number of rotatable bonds is 4. The van der Waals surface area contributed by atoms with Gasteiger partial charge in [0.05, 0.1) is 11.9 Å². The van der Waals surface area contributed by atoms with Crippen molar-refractivity contribution in [2.45, 2.75) is 18.9 Å². The molecule has 0 radical (unpaired) electrons. The molecule has 0 saturated carbocycles. The number of amides is 1. The Bertz CT molecular complexity index is 838. The van der Waals surface area contributed by atoms with Crippen molar-refractivity contribution in [2.75, 3.05) is 11.1 Å². The van der Waals surface area contributed by atoms with Gasteiger partial charge in [-0.05, 0) is 37.1 Å². The van der Waals surface area contributed by atoms with Gasteiger partial charge in [-0.15, -0.1) is 5.10 Å². The maximum absolute atomic E-state index is 12.2. The van der Waals surface area contributed by atoms with Crippen LogP contribution in [0.15, 0.2) is 53.7 Å². The van der Waals surface area contributed by atoms with E-state index >= 15 is 0 Å². The zero-order valence-electron chi connectivity index (χ0n) is 13.0. The molecule has 3 aromatic rings. The van der Waals surface area contributed by atoms with Crippen molar-refractivity contribution in [3.63, 3.8) is 0 Å². The second-order valence-electron chi connectivity index (χ2n) is 5.45. The summed E-state index contributed by atoms with van der Waals surface area (Å²) in [6.07, 6.45) is 1.73. The molecule has 1 heterocycles. The predicted octanol–water partition coefficient (Wildman–Crippen LogP) is 3.98. The fourth-order valence-electron chi connectivity index (χ4n) is 2.49. The summed E-state index contributed by atoms with van der Waals surface area (Å²) < 4.78 is 0. The number of nitrogens with one attached hydrogen (secondary N) is 1. The first-order valence-electron chi connectivity index (χ1n) is 7.33. The highest BCUT2D eigenvalue weighted by Gasteiger charge is 2.08. The third kappa shape index (κ3) is 3.87. The molecule has 1 N–H and O–H groups in total. The lowest BCUT2D eigenvalue weighted by molar-refractivity contribution is -0.113. The van der Waals surface area contributed by atoms with E-state index in [0.29, 0.717) is 5.75 Å². The first kappa shape index (κ1) is 15.5. The van der Waals surface area contributed by atoms with E-state index in [-0.39, 0.29) is 5.91 Å². The van der Waals surface area contributed by atoms with Crippen LogP contribution in [0.2, 0.25) is 0 Å². The van der Waals surface area contributed by atoms with Crippen LogP contribution in [0.4, 0.5) is 5.69 Å². The van der Waals surface area contributed by atoms with Gasteiger partial charge in [0.2, 0.25) is 5.91 Å². The Kier molecular flexibility index (Phi) is 4.57. The van der Waals surface area contributed by atoms with Crippen molar-refractivity contribution in [3.8, 4) is 0 Å². The van der Waals surface area contributed by atoms with Crippen LogP contribution >= 0.6 is 11.8 Å². The van der Waals surface area contributed by atoms with Crippen LogP contribution in [0.3, 0.4) is 0 Å². The Labute approximate surface area is 139 Å². The number of aryl methyl sites for hydroxylation is 2. The number of aromatic nitrogens is 2. The van der Waals surface area contributed by atoms with Gasteiger partial charge in [-0.25, -0.2) is 0 Å². The molecule has 0 unspecified atom stereocenters. The number of nitrogens with zero attached hydrogens (tertiary/aromatic N) is 2. The molecule has 23 heavy (non-hydrogen) atoms. The van der Waals surface area contributed by atoms with Crippen molar-refractivity contribution >= 4 is 34.1 Å². The van der Waals surface area contributed by atoms with Crippen molar-refractivity contribution < 1.29 is 4.79 Å². The van der Waals surface area contributed by atoms with Gasteiger partial charge in [-0.1, -0.05) is 42.1 Å². The van der Waals surface area contributed by atoms with Gasteiger partial charge >= 0.3 is 0 Å². The van der Waals surface area contributed by atoms with E-state index in [1.807, 2.05) is 50.2 Å². The van der Waals surface area contributed by atoms with Gasteiger partial charge in [0.1, 0.15) is 5.03 Å². The molecule has 0 saturated heterocycles. The van der Waals surface area contributed by atoms with Crippen LogP contribution in [-0.4, -0.2) is 21.9 Å². The molecule has 4 nitrogen and oxygen atoms in total. The Hall–Kier alpha value is -2.40. The van der Waals surface area contributed by atoms with Gasteiger partial charge in [0, 0.05) is 16.5 Å². The fourth-order valence-corrected chi connectivity index (χ4v) is 3.27. The number of hydrogen-bond donors (Lipinski definition) is 1. The van der Waals surface area contributed by atoms with Gasteiger partial charge in [0.15, 0.2) is 0 Å². The zero-order chi connectivity index (χ0) is 16.2. The normalized spacial score (nSPS) is 10.7. The topological polar surface area (TPSA) is 54.9 Å². The summed E-state index contributed by atoms with van der Waals surface area (Å²) in [6, 6.07) is 13.9. The molecule has 0 spiro atoms.